The summed E-state index contributed by atoms with van der Waals surface area (Å²) in [5, 5.41) is 0. The summed E-state index contributed by atoms with van der Waals surface area (Å²) in [6.07, 6.45) is -3.80. The van der Waals surface area contributed by atoms with Crippen LogP contribution >= 0.6 is 0 Å². The Labute approximate surface area is 592 Å². The number of rotatable bonds is 21. The highest BCUT2D eigenvalue weighted by molar-refractivity contribution is 5.77. The first kappa shape index (κ1) is 35.8. The molecule has 6 heterocycles. The van der Waals surface area contributed by atoms with Crippen LogP contribution in [0.1, 0.15) is 225 Å². The average Bonchev–Trinajstić information content (AvgIpc) is 0.740. The van der Waals surface area contributed by atoms with E-state index in [0.717, 1.165) is 0 Å². The predicted octanol–water partition coefficient (Wildman–Crippen LogP) is 10.7. The molecule has 3 aromatic rings. The van der Waals surface area contributed by atoms with Gasteiger partial charge in [-0.15, -0.1) is 0 Å². The summed E-state index contributed by atoms with van der Waals surface area (Å²) in [5.41, 5.74) is 19.4. The molecule has 0 spiro atoms. The number of nitrogens with zero attached hydrogens (tertiary/aromatic N) is 3. The van der Waals surface area contributed by atoms with E-state index in [1.54, 1.807) is 0 Å². The number of carbonyl (C=O) groups is 3. The van der Waals surface area contributed by atoms with E-state index in [-0.39, 0.29) is 139 Å². The van der Waals surface area contributed by atoms with Gasteiger partial charge in [0.1, 0.15) is 36.3 Å². The summed E-state index contributed by atoms with van der Waals surface area (Å²) in [7, 11) is -0.732. The Bertz CT molecular complexity index is 4490. The van der Waals surface area contributed by atoms with E-state index in [0.29, 0.717) is 80.5 Å². The van der Waals surface area contributed by atoms with Crippen molar-refractivity contribution < 1.29 is 109 Å². The summed E-state index contributed by atoms with van der Waals surface area (Å²) in [6.45, 7) is -8.75. The van der Waals surface area contributed by atoms with E-state index < -0.39 is 163 Å². The Balaban J connectivity index is 0.000000263. The minimum absolute atomic E-state index is 0.00664. The number of nitrogens with two attached hydrogens (primary N) is 3. The third kappa shape index (κ3) is 17.5. The highest BCUT2D eigenvalue weighted by Gasteiger charge is 2.45. The van der Waals surface area contributed by atoms with Crippen molar-refractivity contribution in [2.24, 2.45) is 70.4 Å². The van der Waals surface area contributed by atoms with Crippen LogP contribution in [0, 0.1) is 53.2 Å². The van der Waals surface area contributed by atoms with Crippen molar-refractivity contribution in [3.8, 4) is 34.5 Å². The van der Waals surface area contributed by atoms with Crippen molar-refractivity contribution in [1.82, 2.24) is 14.7 Å². The molecule has 0 amide bonds. The summed E-state index contributed by atoms with van der Waals surface area (Å²) in [6, 6.07) is -14.0. The molecule has 3 saturated heterocycles. The first-order valence-corrected chi connectivity index (χ1v) is 30.0. The minimum Gasteiger partial charge on any atom is -0.493 e. The topological polar surface area (TPSA) is 222 Å². The van der Waals surface area contributed by atoms with Gasteiger partial charge in [0.2, 0.25) is 0 Å². The van der Waals surface area contributed by atoms with Gasteiger partial charge in [0.05, 0.1) is 65.8 Å². The molecule has 0 aliphatic carbocycles. The van der Waals surface area contributed by atoms with Crippen molar-refractivity contribution in [3.63, 3.8) is 0 Å². The highest BCUT2D eigenvalue weighted by Crippen LogP contribution is 2.48. The fourth-order valence-corrected chi connectivity index (χ4v) is 12.8. The normalized spacial score (nSPS) is 35.2. The lowest BCUT2D eigenvalue weighted by molar-refractivity contribution is -0.161. The number of carbonyl (C=O) groups excluding carboxylic acids is 3. The van der Waals surface area contributed by atoms with Crippen molar-refractivity contribution in [2.75, 3.05) is 81.8 Å². The van der Waals surface area contributed by atoms with E-state index in [4.69, 9.17) is 109 Å². The molecule has 6 aliphatic heterocycles. The Morgan fingerprint density at radius 1 is 0.478 bits per heavy atom. The van der Waals surface area contributed by atoms with Crippen LogP contribution < -0.4 is 45.6 Å². The maximum atomic E-state index is 13.5. The summed E-state index contributed by atoms with van der Waals surface area (Å²) >= 11 is 0. The van der Waals surface area contributed by atoms with Gasteiger partial charge in [0, 0.05) is 123 Å². The van der Waals surface area contributed by atoms with Crippen LogP contribution in [-0.2, 0) is 47.9 Å². The quantitative estimate of drug-likeness (QED) is 0.0666. The van der Waals surface area contributed by atoms with Gasteiger partial charge >= 0.3 is 17.9 Å². The van der Waals surface area contributed by atoms with E-state index >= 15 is 0 Å². The minimum atomic E-state index is -3.81. The number of benzene rings is 3. The molecule has 6 N–H and O–H groups in total. The van der Waals surface area contributed by atoms with Gasteiger partial charge in [-0.05, 0) is 144 Å². The van der Waals surface area contributed by atoms with Gasteiger partial charge in [0.25, 0.3) is 0 Å². The average molecular weight is 1290 g/mol. The van der Waals surface area contributed by atoms with Crippen molar-refractivity contribution in [1.29, 1.82) is 0 Å². The van der Waals surface area contributed by atoms with E-state index in [1.807, 2.05) is 56.2 Å². The van der Waals surface area contributed by atoms with Gasteiger partial charge in [0.15, 0.2) is 34.5 Å². The highest BCUT2D eigenvalue weighted by atomic mass is 16.6. The zero-order valence-electron chi connectivity index (χ0n) is 90.9. The molecule has 504 valence electrons. The van der Waals surface area contributed by atoms with Gasteiger partial charge in [-0.25, -0.2) is 0 Å². The lowest BCUT2D eigenvalue weighted by Gasteiger charge is -2.47. The smallest absolute Gasteiger partial charge is 0.323 e. The second-order valence-electron chi connectivity index (χ2n) is 24.4. The van der Waals surface area contributed by atoms with Crippen LogP contribution in [0.25, 0.3) is 0 Å². The molecule has 9 unspecified atom stereocenters. The molecule has 18 nitrogen and oxygen atoms in total. The van der Waals surface area contributed by atoms with Crippen LogP contribution in [0.5, 0.6) is 34.5 Å². The van der Waals surface area contributed by atoms with E-state index in [1.165, 1.54) is 28.4 Å². The van der Waals surface area contributed by atoms with Crippen molar-refractivity contribution in [2.45, 2.75) is 195 Å². The van der Waals surface area contributed by atoms with Crippen LogP contribution in [0.15, 0.2) is 36.3 Å². The molecular weight excluding hydrogens is 1140 g/mol. The van der Waals surface area contributed by atoms with Crippen molar-refractivity contribution >= 4 is 17.9 Å². The molecule has 3 fully saturated rings. The number of ether oxygens (including phenoxy) is 9. The zero-order valence-corrected chi connectivity index (χ0v) is 52.9. The second-order valence-corrected chi connectivity index (χ2v) is 24.4. The third-order valence-corrected chi connectivity index (χ3v) is 16.9. The Kier molecular flexibility index (Phi) is 12.9. The number of hydrogen-bond acceptors (Lipinski definition) is 18. The molecule has 0 saturated carbocycles. The molecule has 0 bridgehead atoms. The Morgan fingerprint density at radius 3 is 1.10 bits per heavy atom. The fourth-order valence-electron chi connectivity index (χ4n) is 12.8. The van der Waals surface area contributed by atoms with Crippen LogP contribution in [0.2, 0.25) is 0 Å². The van der Waals surface area contributed by atoms with Gasteiger partial charge in [-0.1, -0.05) is 82.7 Å². The van der Waals surface area contributed by atoms with E-state index in [9.17, 15) is 17.1 Å². The summed E-state index contributed by atoms with van der Waals surface area (Å²) in [4.78, 5) is 46.3. The molecule has 18 heteroatoms. The Morgan fingerprint density at radius 2 is 0.778 bits per heavy atom. The maximum absolute atomic E-state index is 13.5. The molecule has 0 aromatic heterocycles. The molecule has 3 aromatic carbocycles. The zero-order chi connectivity index (χ0) is 98.6. The number of methoxy groups -OCH3 is 6. The molecule has 9 rings (SSSR count). The summed E-state index contributed by atoms with van der Waals surface area (Å²) in [5.74, 6) is -19.5. The first-order chi connectivity index (χ1) is 57.7. The number of fused-ring (bicyclic) bond motifs is 9. The molecule has 0 radical (unpaired) electrons. The van der Waals surface area contributed by atoms with Gasteiger partial charge in [-0.2, -0.15) is 0 Å². The number of esters is 3. The molecule has 6 aliphatic rings. The summed E-state index contributed by atoms with van der Waals surface area (Å²) < 4.78 is 353. The molecule has 90 heavy (non-hydrogen) atoms. The molecular formula is C72H114N6O12. The number of hydrogen-bond donors (Lipinski definition) is 3. The fraction of sp³-hybridized carbons (Fsp3) is 0.708. The van der Waals surface area contributed by atoms with Crippen molar-refractivity contribution in [3.05, 3.63) is 69.6 Å². The molecule has 12 atom stereocenters. The standard InChI is InChI=1S/3C24H38N2O4/c3*1-14(2)9-17-13-26-8-7-16-10-21(28-5)22(29-6)11-18(16)19(26)12-20(17)30-24(27)23(25)15(3)4/h3*10-11,14-15,17,19-20,23H,7-9,12-13,25H2,1-6H3/t3*17?,19?,20?,23-/m000/s1/i3D3,4D3,5D3,10D,11D,15D,20D,23D;3D3,4D3,10D,11D,15D,20D,23D;3D3,4D3,5D3,10D,11D,15D,23D. The van der Waals surface area contributed by atoms with Crippen LogP contribution in [-0.4, -0.2) is 151 Å². The lowest BCUT2D eigenvalue weighted by atomic mass is 9.79. The third-order valence-electron chi connectivity index (χ3n) is 16.9. The maximum Gasteiger partial charge on any atom is 0.323 e. The Hall–Kier alpha value is -5.37. The van der Waals surface area contributed by atoms with Gasteiger partial charge < -0.3 is 59.8 Å². The first-order valence-electron chi connectivity index (χ1n) is 49.0. The largest absolute Gasteiger partial charge is 0.493 e. The second kappa shape index (κ2) is 32.5. The monoisotopic (exact) mass is 1290 g/mol. The van der Waals surface area contributed by atoms with Gasteiger partial charge in [-0.3, -0.25) is 29.1 Å². The SMILES string of the molecule is [2H]c1c2c(c([2H])c(OC)c1OC([2H])([2H])[2H])C1CC(OC(=O)[C@@]([2H])(N)C([2H])(C([2H])([2H])[2H])C([2H])([2H])[2H])C(CC(C)C)CN1CC2.[2H]c1c2c(c([2H])c(OC)c1OC([2H])([2H])[2H])C1CC([2H])(OC(=O)[C@@]([2H])(N)C([2H])(C([2H])([2H])[2H])C([2H])([2H])[2H])C(CC(C)C)CN1CC2.[2H]c1c2c(c([2H])c(OC)c1OC)C1CC([2H])(OC(=O)[C@@]([2H])(N)C([2H])(C([2H])([2H])[2H])C([2H])([2H])[2H])C(CC(C)C)CN1CC2. The predicted molar refractivity (Wildman–Crippen MR) is 353 cm³/mol. The van der Waals surface area contributed by atoms with E-state index in [2.05, 4.69) is 0 Å². The van der Waals surface area contributed by atoms with Crippen LogP contribution in [0.3, 0.4) is 0 Å². The van der Waals surface area contributed by atoms with Crippen LogP contribution in [0.4, 0.5) is 0 Å². The lowest BCUT2D eigenvalue weighted by Crippen LogP contribution is -2.51. The number of piperidine rings is 3.